The van der Waals surface area contributed by atoms with Crippen LogP contribution in [0, 0.1) is 5.92 Å². The van der Waals surface area contributed by atoms with Crippen LogP contribution >= 0.6 is 0 Å². The molecule has 0 bridgehead atoms. The van der Waals surface area contributed by atoms with Crippen molar-refractivity contribution in [1.29, 1.82) is 0 Å². The van der Waals surface area contributed by atoms with Crippen LogP contribution in [0.2, 0.25) is 0 Å². The molecule has 0 N–H and O–H groups in total. The van der Waals surface area contributed by atoms with Crippen LogP contribution in [0.15, 0.2) is 72.8 Å². The predicted octanol–water partition coefficient (Wildman–Crippen LogP) is 5.42. The van der Waals surface area contributed by atoms with Crippen LogP contribution in [0.1, 0.15) is 23.6 Å². The molecule has 0 amide bonds. The number of hydrogen-bond acceptors (Lipinski definition) is 0. The van der Waals surface area contributed by atoms with Crippen LogP contribution in [0.25, 0.3) is 22.0 Å². The summed E-state index contributed by atoms with van der Waals surface area (Å²) in [6.45, 7) is 0. The van der Waals surface area contributed by atoms with Crippen molar-refractivity contribution in [3.8, 4) is 11.1 Å². The minimum atomic E-state index is 0.482. The third-order valence-corrected chi connectivity index (χ3v) is 5.42. The van der Waals surface area contributed by atoms with E-state index in [1.54, 1.807) is 0 Å². The molecule has 5 rings (SSSR count). The number of hydrogen-bond donors (Lipinski definition) is 0. The largest absolute Gasteiger partial charge is 0.346 e. The first-order valence-electron chi connectivity index (χ1n) is 8.36. The van der Waals surface area contributed by atoms with Crippen LogP contribution in [-0.4, -0.2) is 4.57 Å². The van der Waals surface area contributed by atoms with Gasteiger partial charge in [-0.05, 0) is 29.5 Å². The molecule has 1 unspecified atom stereocenters. The lowest BCUT2D eigenvalue weighted by molar-refractivity contribution is 0.621. The molecule has 23 heavy (non-hydrogen) atoms. The van der Waals surface area contributed by atoms with Crippen molar-refractivity contribution >= 4 is 10.9 Å². The Morgan fingerprint density at radius 2 is 1.65 bits per heavy atom. The highest BCUT2D eigenvalue weighted by molar-refractivity contribution is 6.01. The Morgan fingerprint density at radius 1 is 0.913 bits per heavy atom. The number of rotatable bonds is 2. The van der Waals surface area contributed by atoms with E-state index >= 15 is 0 Å². The summed E-state index contributed by atoms with van der Waals surface area (Å²) >= 11 is 0. The lowest BCUT2D eigenvalue weighted by atomic mass is 9.90. The Kier molecular flexibility index (Phi) is 2.66. The maximum absolute atomic E-state index is 2.41. The Morgan fingerprint density at radius 3 is 2.52 bits per heavy atom. The van der Waals surface area contributed by atoms with E-state index in [-0.39, 0.29) is 0 Å². The van der Waals surface area contributed by atoms with E-state index in [4.69, 9.17) is 0 Å². The number of aromatic nitrogens is 1. The summed E-state index contributed by atoms with van der Waals surface area (Å²) in [5.74, 6) is 1.04. The second-order valence-electron chi connectivity index (χ2n) is 6.65. The number of para-hydroxylation sites is 1. The average molecular weight is 297 g/mol. The van der Waals surface area contributed by atoms with Crippen LogP contribution in [-0.2, 0) is 7.05 Å². The van der Waals surface area contributed by atoms with Gasteiger partial charge >= 0.3 is 0 Å². The summed E-state index contributed by atoms with van der Waals surface area (Å²) in [6, 6.07) is 17.8. The molecule has 0 saturated heterocycles. The molecular formula is C22H19N. The first kappa shape index (κ1) is 13.0. The number of nitrogens with zero attached hydrogens (tertiary/aromatic N) is 1. The minimum Gasteiger partial charge on any atom is -0.346 e. The fourth-order valence-electron chi connectivity index (χ4n) is 4.43. The molecule has 1 heteroatoms. The molecule has 0 saturated carbocycles. The summed E-state index contributed by atoms with van der Waals surface area (Å²) in [5.41, 5.74) is 7.20. The van der Waals surface area contributed by atoms with Gasteiger partial charge in [0.25, 0.3) is 0 Å². The summed E-state index contributed by atoms with van der Waals surface area (Å²) in [7, 11) is 2.22. The second kappa shape index (κ2) is 4.73. The highest BCUT2D eigenvalue weighted by Gasteiger charge is 2.34. The Balaban J connectivity index is 1.78. The normalized spacial score (nSPS) is 18.7. The van der Waals surface area contributed by atoms with Crippen molar-refractivity contribution < 1.29 is 0 Å². The van der Waals surface area contributed by atoms with E-state index in [0.29, 0.717) is 11.8 Å². The van der Waals surface area contributed by atoms with Gasteiger partial charge in [-0.2, -0.15) is 0 Å². The summed E-state index contributed by atoms with van der Waals surface area (Å²) < 4.78 is 2.41. The van der Waals surface area contributed by atoms with Gasteiger partial charge in [0.05, 0.1) is 0 Å². The molecule has 0 radical (unpaired) electrons. The molecule has 1 aromatic heterocycles. The van der Waals surface area contributed by atoms with Crippen molar-refractivity contribution in [1.82, 2.24) is 4.57 Å². The van der Waals surface area contributed by atoms with E-state index in [2.05, 4.69) is 84.4 Å². The van der Waals surface area contributed by atoms with Gasteiger partial charge in [0.1, 0.15) is 0 Å². The summed E-state index contributed by atoms with van der Waals surface area (Å²) in [4.78, 5) is 0. The zero-order valence-electron chi connectivity index (χ0n) is 13.2. The highest BCUT2D eigenvalue weighted by atomic mass is 15.0. The summed E-state index contributed by atoms with van der Waals surface area (Å²) in [5, 5.41) is 1.39. The van der Waals surface area contributed by atoms with Gasteiger partial charge in [0, 0.05) is 35.1 Å². The highest BCUT2D eigenvalue weighted by Crippen LogP contribution is 2.51. The summed E-state index contributed by atoms with van der Waals surface area (Å²) in [6.07, 6.45) is 10.1. The topological polar surface area (TPSA) is 4.93 Å². The Bertz CT molecular complexity index is 959. The average Bonchev–Trinajstić information content (AvgIpc) is 3.27. The number of allylic oxidation sites excluding steroid dienone is 4. The van der Waals surface area contributed by atoms with E-state index in [9.17, 15) is 0 Å². The number of fused-ring (bicyclic) bond motifs is 5. The fraction of sp³-hybridized carbons (Fsp3) is 0.182. The molecule has 0 spiro atoms. The van der Waals surface area contributed by atoms with E-state index in [0.717, 1.165) is 6.42 Å². The van der Waals surface area contributed by atoms with Gasteiger partial charge in [0.2, 0.25) is 0 Å². The second-order valence-corrected chi connectivity index (χ2v) is 6.65. The third-order valence-electron chi connectivity index (χ3n) is 5.42. The van der Waals surface area contributed by atoms with Crippen LogP contribution in [0.5, 0.6) is 0 Å². The van der Waals surface area contributed by atoms with Crippen molar-refractivity contribution in [2.45, 2.75) is 12.3 Å². The molecular weight excluding hydrogens is 278 g/mol. The van der Waals surface area contributed by atoms with Gasteiger partial charge in [-0.3, -0.25) is 0 Å². The van der Waals surface area contributed by atoms with Crippen molar-refractivity contribution in [3.63, 3.8) is 0 Å². The first-order chi connectivity index (χ1) is 11.3. The fourth-order valence-corrected chi connectivity index (χ4v) is 4.43. The molecule has 0 fully saturated rings. The predicted molar refractivity (Wildman–Crippen MR) is 96.6 cm³/mol. The lowest BCUT2D eigenvalue weighted by Gasteiger charge is -2.18. The Hall–Kier alpha value is -2.54. The molecule has 1 nitrogen and oxygen atoms in total. The zero-order valence-corrected chi connectivity index (χ0v) is 13.2. The van der Waals surface area contributed by atoms with Gasteiger partial charge in [-0.15, -0.1) is 0 Å². The molecule has 0 aliphatic heterocycles. The Labute approximate surface area is 136 Å². The van der Waals surface area contributed by atoms with Gasteiger partial charge < -0.3 is 4.57 Å². The molecule has 2 aliphatic carbocycles. The molecule has 2 aliphatic rings. The van der Waals surface area contributed by atoms with Crippen molar-refractivity contribution in [2.75, 3.05) is 0 Å². The van der Waals surface area contributed by atoms with Gasteiger partial charge in [-0.1, -0.05) is 66.8 Å². The third kappa shape index (κ3) is 1.74. The molecule has 3 aromatic rings. The zero-order chi connectivity index (χ0) is 15.4. The molecule has 2 aromatic carbocycles. The standard InChI is InChI=1S/C22H19N/c1-23-20-13-7-6-12-18(20)21-17-11-5-4-10-16(17)19(22(21)23)14-15-8-2-3-9-15/h2-13,15,19H,14H2,1H3. The van der Waals surface area contributed by atoms with Crippen LogP contribution < -0.4 is 0 Å². The minimum absolute atomic E-state index is 0.482. The maximum atomic E-state index is 2.41. The number of aryl methyl sites for hydroxylation is 1. The van der Waals surface area contributed by atoms with Crippen molar-refractivity contribution in [2.24, 2.45) is 13.0 Å². The van der Waals surface area contributed by atoms with Crippen LogP contribution in [0.4, 0.5) is 0 Å². The SMILES string of the molecule is Cn1c2c(c3ccccc31)-c1ccccc1C2CC1C=CC=C1. The smallest absolute Gasteiger partial charge is 0.0486 e. The van der Waals surface area contributed by atoms with E-state index < -0.39 is 0 Å². The lowest BCUT2D eigenvalue weighted by Crippen LogP contribution is -2.07. The monoisotopic (exact) mass is 297 g/mol. The van der Waals surface area contributed by atoms with E-state index in [1.165, 1.54) is 33.3 Å². The van der Waals surface area contributed by atoms with Gasteiger partial charge in [-0.25, -0.2) is 0 Å². The molecule has 112 valence electrons. The number of benzene rings is 2. The quantitative estimate of drug-likeness (QED) is 0.595. The van der Waals surface area contributed by atoms with E-state index in [1.807, 2.05) is 0 Å². The molecule has 1 heterocycles. The van der Waals surface area contributed by atoms with Gasteiger partial charge in [0.15, 0.2) is 0 Å². The first-order valence-corrected chi connectivity index (χ1v) is 8.36. The maximum Gasteiger partial charge on any atom is 0.0486 e. The molecule has 1 atom stereocenters. The van der Waals surface area contributed by atoms with Crippen molar-refractivity contribution in [3.05, 3.63) is 84.1 Å². The van der Waals surface area contributed by atoms with Crippen LogP contribution in [0.3, 0.4) is 0 Å².